The third kappa shape index (κ3) is 6.92. The quantitative estimate of drug-likeness (QED) is 0.250. The van der Waals surface area contributed by atoms with Gasteiger partial charge in [-0.05, 0) is 25.5 Å². The molecule has 33 heavy (non-hydrogen) atoms. The lowest BCUT2D eigenvalue weighted by Gasteiger charge is -2.27. The van der Waals surface area contributed by atoms with Gasteiger partial charge in [-0.1, -0.05) is 30.3 Å². The van der Waals surface area contributed by atoms with E-state index in [0.29, 0.717) is 18.8 Å². The Morgan fingerprint density at radius 3 is 2.76 bits per heavy atom. The molecule has 13 heteroatoms. The van der Waals surface area contributed by atoms with Gasteiger partial charge in [-0.25, -0.2) is 18.9 Å². The predicted octanol–water partition coefficient (Wildman–Crippen LogP) is 2.53. The first-order valence-corrected chi connectivity index (χ1v) is 12.4. The first-order valence-electron chi connectivity index (χ1n) is 10.4. The molecule has 11 nitrogen and oxygen atoms in total. The van der Waals surface area contributed by atoms with Gasteiger partial charge in [-0.15, -0.1) is 16.7 Å². The maximum atomic E-state index is 13.6. The maximum Gasteiger partial charge on any atom is 0.408 e. The first kappa shape index (κ1) is 25.5. The molecule has 0 radical (unpaired) electrons. The number of rotatable bonds is 13. The van der Waals surface area contributed by atoms with E-state index in [2.05, 4.69) is 10.1 Å². The zero-order valence-electron chi connectivity index (χ0n) is 18.2. The van der Waals surface area contributed by atoms with E-state index in [1.165, 1.54) is 15.7 Å². The van der Waals surface area contributed by atoms with E-state index in [9.17, 15) is 14.2 Å². The van der Waals surface area contributed by atoms with E-state index >= 15 is 0 Å². The standard InChI is InChI=1S/C20H27ClN5O6P/c1-25(10-6-5-9-21)33(29,30-12-15-7-3-2-4-8-15)31-13-17-16(27)11-18(32-17)26-14-23-20(24-26)19(22)28/h2-4,7-8,14,17-18H,5-6,9-13H2,1H3,(H2,22,28)/t17-,18-,33?/m1/s1. The summed E-state index contributed by atoms with van der Waals surface area (Å²) in [5.74, 6) is -0.722. The number of benzene rings is 1. The fraction of sp³-hybridized carbons (Fsp3) is 0.500. The zero-order valence-corrected chi connectivity index (χ0v) is 19.9. The van der Waals surface area contributed by atoms with Crippen LogP contribution in [0.5, 0.6) is 0 Å². The van der Waals surface area contributed by atoms with E-state index < -0.39 is 26.0 Å². The van der Waals surface area contributed by atoms with Crippen molar-refractivity contribution in [3.8, 4) is 0 Å². The van der Waals surface area contributed by atoms with Crippen molar-refractivity contribution in [3.63, 3.8) is 0 Å². The SMILES string of the molecule is CN(CCCCCl)P(=O)(OCc1ccccc1)OC[C@H]1O[C@@H](n2cnc(C(N)=O)n2)CC1=O. The molecule has 180 valence electrons. The highest BCUT2D eigenvalue weighted by atomic mass is 35.5. The summed E-state index contributed by atoms with van der Waals surface area (Å²) in [6, 6.07) is 9.29. The van der Waals surface area contributed by atoms with Crippen molar-refractivity contribution in [1.82, 2.24) is 19.4 Å². The lowest BCUT2D eigenvalue weighted by molar-refractivity contribution is -0.124. The van der Waals surface area contributed by atoms with Gasteiger partial charge in [0.1, 0.15) is 12.4 Å². The number of ketones is 1. The second-order valence-electron chi connectivity index (χ2n) is 7.46. The number of amides is 1. The van der Waals surface area contributed by atoms with Crippen LogP contribution in [0.1, 0.15) is 41.7 Å². The Morgan fingerprint density at radius 2 is 2.09 bits per heavy atom. The molecule has 3 atom stereocenters. The Bertz CT molecular complexity index is 990. The third-order valence-electron chi connectivity index (χ3n) is 4.99. The van der Waals surface area contributed by atoms with Crippen molar-refractivity contribution in [2.75, 3.05) is 26.1 Å². The van der Waals surface area contributed by atoms with Crippen LogP contribution in [0.4, 0.5) is 0 Å². The number of unbranched alkanes of at least 4 members (excludes halogenated alkanes) is 1. The van der Waals surface area contributed by atoms with Gasteiger partial charge in [0.05, 0.1) is 19.6 Å². The van der Waals surface area contributed by atoms with Crippen LogP contribution in [0.2, 0.25) is 0 Å². The summed E-state index contributed by atoms with van der Waals surface area (Å²) in [6.07, 6.45) is 0.980. The molecule has 0 saturated carbocycles. The van der Waals surface area contributed by atoms with Crippen LogP contribution >= 0.6 is 19.3 Å². The molecule has 1 fully saturated rings. The molecule has 0 spiro atoms. The summed E-state index contributed by atoms with van der Waals surface area (Å²) in [6.45, 7) is 0.253. The minimum atomic E-state index is -3.73. The van der Waals surface area contributed by atoms with Crippen LogP contribution < -0.4 is 5.73 Å². The van der Waals surface area contributed by atoms with Gasteiger partial charge < -0.3 is 10.5 Å². The molecule has 2 aromatic rings. The summed E-state index contributed by atoms with van der Waals surface area (Å²) in [5, 5.41) is 3.92. The number of nitrogens with two attached hydrogens (primary N) is 1. The number of Topliss-reactive ketones (excluding diaryl/α,β-unsaturated/α-hetero) is 1. The summed E-state index contributed by atoms with van der Waals surface area (Å²) < 4.78 is 33.5. The maximum absolute atomic E-state index is 13.6. The molecule has 0 aliphatic carbocycles. The molecule has 3 rings (SSSR count). The molecule has 1 unspecified atom stereocenters. The predicted molar refractivity (Wildman–Crippen MR) is 119 cm³/mol. The first-order chi connectivity index (χ1) is 15.8. The lowest BCUT2D eigenvalue weighted by atomic mass is 10.2. The van der Waals surface area contributed by atoms with Gasteiger partial charge in [0.15, 0.2) is 12.0 Å². The van der Waals surface area contributed by atoms with Gasteiger partial charge in [-0.2, -0.15) is 0 Å². The molecule has 2 heterocycles. The summed E-state index contributed by atoms with van der Waals surface area (Å²) >= 11 is 5.75. The Hall–Kier alpha value is -2.14. The molecular formula is C20H27ClN5O6P. The fourth-order valence-corrected chi connectivity index (χ4v) is 4.80. The van der Waals surface area contributed by atoms with E-state index in [-0.39, 0.29) is 31.2 Å². The molecule has 1 amide bonds. The van der Waals surface area contributed by atoms with E-state index in [0.717, 1.165) is 12.0 Å². The number of hydrogen-bond acceptors (Lipinski definition) is 8. The van der Waals surface area contributed by atoms with E-state index in [1.54, 1.807) is 7.05 Å². The third-order valence-corrected chi connectivity index (χ3v) is 7.22. The van der Waals surface area contributed by atoms with Crippen molar-refractivity contribution < 1.29 is 27.9 Å². The van der Waals surface area contributed by atoms with Crippen molar-refractivity contribution >= 4 is 31.0 Å². The Morgan fingerprint density at radius 1 is 1.33 bits per heavy atom. The smallest absolute Gasteiger partial charge is 0.363 e. The molecule has 1 aromatic carbocycles. The van der Waals surface area contributed by atoms with Crippen molar-refractivity contribution in [2.24, 2.45) is 5.73 Å². The molecule has 1 aliphatic heterocycles. The Labute approximate surface area is 196 Å². The number of carbonyl (C=O) groups excluding carboxylic acids is 2. The van der Waals surface area contributed by atoms with E-state index in [4.69, 9.17) is 31.1 Å². The average molecular weight is 500 g/mol. The second-order valence-corrected chi connectivity index (χ2v) is 9.98. The van der Waals surface area contributed by atoms with Crippen molar-refractivity contribution in [3.05, 3.63) is 48.0 Å². The second kappa shape index (κ2) is 11.8. The van der Waals surface area contributed by atoms with Gasteiger partial charge in [-0.3, -0.25) is 18.6 Å². The molecular weight excluding hydrogens is 473 g/mol. The Kier molecular flexibility index (Phi) is 9.13. The van der Waals surface area contributed by atoms with Crippen LogP contribution in [-0.2, 0) is 29.8 Å². The number of nitrogens with zero attached hydrogens (tertiary/aromatic N) is 4. The number of primary amides is 1. The topological polar surface area (TPSA) is 139 Å². The minimum Gasteiger partial charge on any atom is -0.363 e. The van der Waals surface area contributed by atoms with Gasteiger partial charge >= 0.3 is 7.75 Å². The lowest BCUT2D eigenvalue weighted by Crippen LogP contribution is -2.26. The summed E-state index contributed by atoms with van der Waals surface area (Å²) in [7, 11) is -2.09. The fourth-order valence-electron chi connectivity index (χ4n) is 3.12. The number of hydrogen-bond donors (Lipinski definition) is 1. The van der Waals surface area contributed by atoms with Crippen molar-refractivity contribution in [1.29, 1.82) is 0 Å². The normalized spacial score (nSPS) is 20.3. The van der Waals surface area contributed by atoms with Gasteiger partial charge in [0, 0.05) is 12.4 Å². The zero-order chi connectivity index (χ0) is 23.8. The summed E-state index contributed by atoms with van der Waals surface area (Å²) in [4.78, 5) is 27.4. The number of halogens is 1. The molecule has 1 aliphatic rings. The van der Waals surface area contributed by atoms with Gasteiger partial charge in [0.25, 0.3) is 5.91 Å². The number of ether oxygens (including phenoxy) is 1. The highest BCUT2D eigenvalue weighted by Gasteiger charge is 2.39. The van der Waals surface area contributed by atoms with Crippen LogP contribution in [-0.4, -0.2) is 63.3 Å². The summed E-state index contributed by atoms with van der Waals surface area (Å²) in [5.41, 5.74) is 5.99. The molecule has 2 N–H and O–H groups in total. The van der Waals surface area contributed by atoms with Crippen molar-refractivity contribution in [2.45, 2.75) is 38.2 Å². The van der Waals surface area contributed by atoms with Crippen LogP contribution in [0, 0.1) is 0 Å². The number of aromatic nitrogens is 3. The van der Waals surface area contributed by atoms with Crippen LogP contribution in [0.3, 0.4) is 0 Å². The highest BCUT2D eigenvalue weighted by Crippen LogP contribution is 2.52. The number of alkyl halides is 1. The van der Waals surface area contributed by atoms with Gasteiger partial charge in [0.2, 0.25) is 5.82 Å². The van der Waals surface area contributed by atoms with E-state index in [1.807, 2.05) is 30.3 Å². The number of carbonyl (C=O) groups is 2. The monoisotopic (exact) mass is 499 g/mol. The van der Waals surface area contributed by atoms with Crippen LogP contribution in [0.15, 0.2) is 36.7 Å². The highest BCUT2D eigenvalue weighted by molar-refractivity contribution is 7.51. The molecule has 0 bridgehead atoms. The minimum absolute atomic E-state index is 0.00365. The van der Waals surface area contributed by atoms with Crippen LogP contribution in [0.25, 0.3) is 0 Å². The largest absolute Gasteiger partial charge is 0.408 e. The molecule has 1 saturated heterocycles. The Balaban J connectivity index is 1.63. The molecule has 1 aromatic heterocycles. The average Bonchev–Trinajstić information content (AvgIpc) is 3.44.